The van der Waals surface area contributed by atoms with E-state index in [9.17, 15) is 13.2 Å². The summed E-state index contributed by atoms with van der Waals surface area (Å²) < 4.78 is 77.7. The van der Waals surface area contributed by atoms with Gasteiger partial charge in [-0.05, 0) is 137 Å². The molecule has 10 heterocycles. The minimum absolute atomic E-state index is 0.197. The lowest BCUT2D eigenvalue weighted by atomic mass is 10.0. The second-order valence-electron chi connectivity index (χ2n) is 25.3. The first-order valence-electron chi connectivity index (χ1n) is 33.5. The van der Waals surface area contributed by atoms with Crippen molar-refractivity contribution in [3.05, 3.63) is 225 Å². The molecule has 0 radical (unpaired) electrons. The molecule has 21 heteroatoms. The molecule has 1 fully saturated rings. The van der Waals surface area contributed by atoms with Gasteiger partial charge in [0.15, 0.2) is 0 Å². The Bertz CT molecular complexity index is 4860. The summed E-state index contributed by atoms with van der Waals surface area (Å²) in [5, 5.41) is 9.92. The molecule has 1 unspecified atom stereocenters. The summed E-state index contributed by atoms with van der Waals surface area (Å²) in [5.74, 6) is 4.34. The zero-order valence-electron chi connectivity index (χ0n) is 55.9. The van der Waals surface area contributed by atoms with Gasteiger partial charge in [-0.25, -0.2) is 43.1 Å². The van der Waals surface area contributed by atoms with E-state index in [0.29, 0.717) is 87.0 Å². The molecule has 4 aliphatic rings. The Morgan fingerprint density at radius 1 is 0.510 bits per heavy atom. The molecular weight excluding hydrogens is 1240 g/mol. The first-order chi connectivity index (χ1) is 47.8. The van der Waals surface area contributed by atoms with Gasteiger partial charge in [0.1, 0.15) is 57.4 Å². The quantitative estimate of drug-likeness (QED) is 0.0696. The van der Waals surface area contributed by atoms with Crippen molar-refractivity contribution in [2.24, 2.45) is 0 Å². The number of hydrogen-bond donors (Lipinski definition) is 3. The zero-order chi connectivity index (χ0) is 67.4. The SMILES string of the molecule is CCCOc1ccc(-c2cnc(NCc3c(F)ccc4c3CCO4)n3cc(C)nc23)cc1.Cc1cn2c(NCc3c(F)ccc4c3CCO4)ncc(-c3ccc(C4CCCO4)cc3)c2n1.Cc1cn2c(NCc3c(F)ccc4c3CCO4)ncc(-c3ccc(CCN(C)C)cc3)c2n1. The molecule has 1 saturated heterocycles. The van der Waals surface area contributed by atoms with Crippen LogP contribution >= 0.6 is 0 Å². The number of halogens is 3. The maximum Gasteiger partial charge on any atom is 0.208 e. The molecular formula is C77H78F3N13O5. The predicted molar refractivity (Wildman–Crippen MR) is 374 cm³/mol. The molecule has 12 aromatic rings. The second-order valence-corrected chi connectivity index (χ2v) is 25.3. The average Bonchev–Trinajstić information content (AvgIpc) is 1.17. The van der Waals surface area contributed by atoms with Gasteiger partial charge in [0, 0.05) is 139 Å². The molecule has 16 rings (SSSR count). The Balaban J connectivity index is 0.000000126. The van der Waals surface area contributed by atoms with Crippen LogP contribution in [0.3, 0.4) is 0 Å². The summed E-state index contributed by atoms with van der Waals surface area (Å²) in [6.45, 7) is 13.3. The van der Waals surface area contributed by atoms with Crippen molar-refractivity contribution in [1.29, 1.82) is 0 Å². The smallest absolute Gasteiger partial charge is 0.208 e. The monoisotopic (exact) mass is 1320 g/mol. The minimum atomic E-state index is -0.234. The molecule has 0 aliphatic carbocycles. The summed E-state index contributed by atoms with van der Waals surface area (Å²) in [4.78, 5) is 30.4. The summed E-state index contributed by atoms with van der Waals surface area (Å²) >= 11 is 0. The maximum absolute atomic E-state index is 14.6. The number of hydrogen-bond acceptors (Lipinski definition) is 15. The van der Waals surface area contributed by atoms with E-state index < -0.39 is 0 Å². The summed E-state index contributed by atoms with van der Waals surface area (Å²) in [7, 11) is 4.17. The minimum Gasteiger partial charge on any atom is -0.494 e. The number of aryl methyl sites for hydroxylation is 3. The van der Waals surface area contributed by atoms with Gasteiger partial charge in [-0.2, -0.15) is 0 Å². The third kappa shape index (κ3) is 13.8. The van der Waals surface area contributed by atoms with Crippen LogP contribution in [-0.2, 0) is 50.1 Å². The van der Waals surface area contributed by atoms with Gasteiger partial charge in [0.05, 0.1) is 49.6 Å². The highest BCUT2D eigenvalue weighted by Crippen LogP contribution is 2.37. The van der Waals surface area contributed by atoms with E-state index in [-0.39, 0.29) is 23.6 Å². The third-order valence-electron chi connectivity index (χ3n) is 18.2. The van der Waals surface area contributed by atoms with Crippen LogP contribution in [-0.4, -0.2) is 102 Å². The van der Waals surface area contributed by atoms with E-state index in [1.165, 1.54) is 29.3 Å². The van der Waals surface area contributed by atoms with E-state index in [4.69, 9.17) is 38.6 Å². The molecule has 4 aliphatic heterocycles. The lowest BCUT2D eigenvalue weighted by molar-refractivity contribution is 0.112. The summed E-state index contributed by atoms with van der Waals surface area (Å²) in [5.41, 5.74) is 18.3. The van der Waals surface area contributed by atoms with Gasteiger partial charge >= 0.3 is 0 Å². The molecule has 0 saturated carbocycles. The van der Waals surface area contributed by atoms with Crippen molar-refractivity contribution in [2.45, 2.75) is 98.4 Å². The van der Waals surface area contributed by atoms with Gasteiger partial charge in [-0.3, -0.25) is 13.2 Å². The van der Waals surface area contributed by atoms with Gasteiger partial charge in [0.2, 0.25) is 17.8 Å². The molecule has 0 amide bonds. The molecule has 98 heavy (non-hydrogen) atoms. The number of nitrogens with one attached hydrogen (secondary N) is 3. The van der Waals surface area contributed by atoms with Crippen LogP contribution < -0.4 is 34.9 Å². The van der Waals surface area contributed by atoms with Crippen LogP contribution in [0.4, 0.5) is 31.0 Å². The second kappa shape index (κ2) is 28.7. The number of fused-ring (bicyclic) bond motifs is 6. The number of ether oxygens (including phenoxy) is 5. The van der Waals surface area contributed by atoms with Gasteiger partial charge in [-0.15, -0.1) is 0 Å². The number of imidazole rings is 3. The molecule has 18 nitrogen and oxygen atoms in total. The number of nitrogens with zero attached hydrogens (tertiary/aromatic N) is 10. The molecule has 0 spiro atoms. The number of anilines is 3. The van der Waals surface area contributed by atoms with Crippen molar-refractivity contribution >= 4 is 34.8 Å². The van der Waals surface area contributed by atoms with Crippen molar-refractivity contribution in [2.75, 3.05) is 69.6 Å². The first-order valence-corrected chi connectivity index (χ1v) is 33.5. The van der Waals surface area contributed by atoms with Crippen molar-refractivity contribution in [3.8, 4) is 56.4 Å². The number of aromatic nitrogens is 9. The Labute approximate surface area is 566 Å². The lowest BCUT2D eigenvalue weighted by Gasteiger charge is -2.14. The Morgan fingerprint density at radius 2 is 0.908 bits per heavy atom. The fourth-order valence-corrected chi connectivity index (χ4v) is 13.2. The maximum atomic E-state index is 14.6. The van der Waals surface area contributed by atoms with E-state index >= 15 is 0 Å². The number of benzene rings is 6. The highest BCUT2D eigenvalue weighted by atomic mass is 19.1. The number of likely N-dealkylation sites (N-methyl/N-ethyl adjacent to an activating group) is 1. The molecule has 0 bridgehead atoms. The lowest BCUT2D eigenvalue weighted by Crippen LogP contribution is -2.14. The summed E-state index contributed by atoms with van der Waals surface area (Å²) in [6.07, 6.45) is 17.8. The van der Waals surface area contributed by atoms with Crippen molar-refractivity contribution < 1.29 is 36.9 Å². The highest BCUT2D eigenvalue weighted by molar-refractivity contribution is 5.81. The third-order valence-corrected chi connectivity index (χ3v) is 18.2. The molecule has 3 N–H and O–H groups in total. The Morgan fingerprint density at radius 3 is 1.29 bits per heavy atom. The van der Waals surface area contributed by atoms with Crippen LogP contribution in [0.25, 0.3) is 50.3 Å². The Hall–Kier alpha value is -10.5. The van der Waals surface area contributed by atoms with E-state index in [2.05, 4.69) is 105 Å². The standard InChI is InChI=1S/C26H28FN5O.C26H25FN4O2.C25H25FN4O2/c1-17-16-32-25(30-17)21(19-6-4-18(5-7-19)10-12-31(2)3)14-28-26(32)29-15-22-20-11-13-33-24(20)9-8-23(22)27;1-16-15-31-25(30-16)20(17-4-6-18(7-5-17)23-3-2-11-32-23)13-28-26(31)29-14-21-19-10-12-33-24(19)9-8-22(21)27;1-3-11-31-18-6-4-17(5-7-18)20-13-27-25(30-15-16(2)29-24(20)30)28-14-21-19-10-12-32-23(19)9-8-22(21)26/h4-9,14,16H,10-13,15H2,1-3H3,(H,28,29);4-9,13,15,23H,2-3,10-12,14H2,1H3,(H,28,29);4-9,13,15H,3,10-12,14H2,1-2H3,(H,27,28). The van der Waals surface area contributed by atoms with E-state index in [1.807, 2.05) is 89.2 Å². The van der Waals surface area contributed by atoms with Gasteiger partial charge in [0.25, 0.3) is 0 Å². The fraction of sp³-hybridized carbons (Fsp3) is 0.299. The average molecular weight is 1320 g/mol. The molecule has 502 valence electrons. The number of rotatable bonds is 19. The van der Waals surface area contributed by atoms with Crippen LogP contribution in [0.2, 0.25) is 0 Å². The Kier molecular flexibility index (Phi) is 19.0. The van der Waals surface area contributed by atoms with Crippen molar-refractivity contribution in [1.82, 2.24) is 48.0 Å². The summed E-state index contributed by atoms with van der Waals surface area (Å²) in [6, 6.07) is 34.5. The van der Waals surface area contributed by atoms with E-state index in [1.54, 1.807) is 24.4 Å². The van der Waals surface area contributed by atoms with Gasteiger partial charge in [-0.1, -0.05) is 67.6 Å². The van der Waals surface area contributed by atoms with Crippen molar-refractivity contribution in [3.63, 3.8) is 0 Å². The topological polar surface area (TPSA) is 176 Å². The van der Waals surface area contributed by atoms with E-state index in [0.717, 1.165) is 159 Å². The highest BCUT2D eigenvalue weighted by Gasteiger charge is 2.25. The van der Waals surface area contributed by atoms with Crippen LogP contribution in [0, 0.1) is 38.2 Å². The van der Waals surface area contributed by atoms with Crippen LogP contribution in [0.1, 0.15) is 93.9 Å². The van der Waals surface area contributed by atoms with Crippen LogP contribution in [0.15, 0.2) is 146 Å². The first kappa shape index (κ1) is 64.8. The molecule has 6 aromatic carbocycles. The normalized spacial score (nSPS) is 14.3. The van der Waals surface area contributed by atoms with Gasteiger partial charge < -0.3 is 44.5 Å². The fourth-order valence-electron chi connectivity index (χ4n) is 13.2. The van der Waals surface area contributed by atoms with Crippen LogP contribution in [0.5, 0.6) is 23.0 Å². The largest absolute Gasteiger partial charge is 0.494 e. The molecule has 6 aromatic heterocycles. The zero-order valence-corrected chi connectivity index (χ0v) is 55.9. The molecule has 1 atom stereocenters. The predicted octanol–water partition coefficient (Wildman–Crippen LogP) is 14.9.